The molecule has 0 amide bonds. The van der Waals surface area contributed by atoms with Gasteiger partial charge in [0, 0.05) is 5.69 Å². The molecule has 0 aliphatic carbocycles. The molecule has 0 aliphatic rings. The van der Waals surface area contributed by atoms with Crippen LogP contribution in [0.25, 0.3) is 0 Å². The number of nitrogens with zero attached hydrogens (tertiary/aromatic N) is 1. The average Bonchev–Trinajstić information content (AvgIpc) is 2.36. The molecule has 0 unspecified atom stereocenters. The van der Waals surface area contributed by atoms with E-state index in [1.807, 2.05) is 0 Å². The molecule has 0 fully saturated rings. The summed E-state index contributed by atoms with van der Waals surface area (Å²) in [5.41, 5.74) is 0.698. The molecular weight excluding hydrogens is 194 g/mol. The SMILES string of the molecule is CCOC(=O)Cc1csc([S-])n1. The minimum absolute atomic E-state index is 0.223. The van der Waals surface area contributed by atoms with E-state index < -0.39 is 0 Å². The molecule has 0 atom stereocenters. The molecule has 0 bridgehead atoms. The van der Waals surface area contributed by atoms with E-state index in [9.17, 15) is 4.79 Å². The maximum Gasteiger partial charge on any atom is 0.311 e. The van der Waals surface area contributed by atoms with Gasteiger partial charge >= 0.3 is 5.97 Å². The number of hydrogen-bond acceptors (Lipinski definition) is 5. The van der Waals surface area contributed by atoms with Crippen LogP contribution in [-0.2, 0) is 28.6 Å². The minimum atomic E-state index is -0.252. The quantitative estimate of drug-likeness (QED) is 0.544. The van der Waals surface area contributed by atoms with Crippen molar-refractivity contribution in [2.75, 3.05) is 6.61 Å². The fraction of sp³-hybridized carbons (Fsp3) is 0.429. The number of esters is 1. The Bertz CT molecular complexity index is 272. The predicted molar refractivity (Wildman–Crippen MR) is 48.1 cm³/mol. The summed E-state index contributed by atoms with van der Waals surface area (Å²) < 4.78 is 5.31. The van der Waals surface area contributed by atoms with E-state index in [-0.39, 0.29) is 12.4 Å². The Kier molecular flexibility index (Phi) is 3.43. The van der Waals surface area contributed by atoms with Gasteiger partial charge in [0.1, 0.15) is 0 Å². The maximum absolute atomic E-state index is 10.9. The van der Waals surface area contributed by atoms with Gasteiger partial charge in [-0.2, -0.15) is 0 Å². The summed E-state index contributed by atoms with van der Waals surface area (Å²) in [4.78, 5) is 14.9. The molecule has 1 heterocycles. The second-order valence-corrected chi connectivity index (χ2v) is 3.59. The molecule has 0 radical (unpaired) electrons. The first-order valence-electron chi connectivity index (χ1n) is 3.49. The zero-order chi connectivity index (χ0) is 8.97. The van der Waals surface area contributed by atoms with Crippen LogP contribution >= 0.6 is 11.3 Å². The summed E-state index contributed by atoms with van der Waals surface area (Å²) in [6.07, 6.45) is 0.223. The Morgan fingerprint density at radius 1 is 1.83 bits per heavy atom. The van der Waals surface area contributed by atoms with Gasteiger partial charge in [0.05, 0.1) is 13.0 Å². The summed E-state index contributed by atoms with van der Waals surface area (Å²) >= 11 is 6.17. The zero-order valence-electron chi connectivity index (χ0n) is 6.57. The van der Waals surface area contributed by atoms with Crippen molar-refractivity contribution in [3.63, 3.8) is 0 Å². The van der Waals surface area contributed by atoms with E-state index in [1.54, 1.807) is 12.3 Å². The van der Waals surface area contributed by atoms with E-state index in [0.29, 0.717) is 16.6 Å². The molecule has 1 rings (SSSR count). The van der Waals surface area contributed by atoms with Gasteiger partial charge in [0.2, 0.25) is 0 Å². The molecule has 0 N–H and O–H groups in total. The summed E-state index contributed by atoms with van der Waals surface area (Å²) in [6.45, 7) is 2.18. The topological polar surface area (TPSA) is 39.2 Å². The number of ether oxygens (including phenoxy) is 1. The van der Waals surface area contributed by atoms with Crippen molar-refractivity contribution in [1.82, 2.24) is 4.98 Å². The van der Waals surface area contributed by atoms with Gasteiger partial charge in [-0.05, 0) is 11.3 Å². The lowest BCUT2D eigenvalue weighted by molar-refractivity contribution is -0.142. The second-order valence-electron chi connectivity index (χ2n) is 2.09. The highest BCUT2D eigenvalue weighted by atomic mass is 32.2. The van der Waals surface area contributed by atoms with Crippen LogP contribution in [0, 0.1) is 0 Å². The van der Waals surface area contributed by atoms with Crippen LogP contribution in [0.1, 0.15) is 12.6 Å². The number of carbonyl (C=O) groups excluding carboxylic acids is 1. The largest absolute Gasteiger partial charge is 0.466 e. The fourth-order valence-corrected chi connectivity index (χ4v) is 1.53. The van der Waals surface area contributed by atoms with E-state index in [0.717, 1.165) is 0 Å². The van der Waals surface area contributed by atoms with E-state index in [4.69, 9.17) is 17.4 Å². The van der Waals surface area contributed by atoms with Gasteiger partial charge in [0.15, 0.2) is 0 Å². The minimum Gasteiger partial charge on any atom is -0.466 e. The predicted octanol–water partition coefficient (Wildman–Crippen LogP) is 1.15. The van der Waals surface area contributed by atoms with Gasteiger partial charge in [0.25, 0.3) is 0 Å². The number of thiazole rings is 1. The Morgan fingerprint density at radius 3 is 3.08 bits per heavy atom. The fourth-order valence-electron chi connectivity index (χ4n) is 0.729. The van der Waals surface area contributed by atoms with Gasteiger partial charge in [-0.25, -0.2) is 0 Å². The van der Waals surface area contributed by atoms with Crippen molar-refractivity contribution in [3.8, 4) is 0 Å². The van der Waals surface area contributed by atoms with Crippen molar-refractivity contribution in [1.29, 1.82) is 0 Å². The highest BCUT2D eigenvalue weighted by Gasteiger charge is 2.03. The molecule has 0 saturated heterocycles. The number of aromatic nitrogens is 1. The molecular formula is C7H8NO2S2-. The number of rotatable bonds is 3. The number of hydrogen-bond donors (Lipinski definition) is 0. The molecule has 5 heteroatoms. The first-order chi connectivity index (χ1) is 5.72. The highest BCUT2D eigenvalue weighted by molar-refractivity contribution is 7.62. The van der Waals surface area contributed by atoms with E-state index >= 15 is 0 Å². The van der Waals surface area contributed by atoms with Crippen LogP contribution in [0.5, 0.6) is 0 Å². The van der Waals surface area contributed by atoms with Gasteiger partial charge in [-0.1, -0.05) is 5.38 Å². The molecule has 0 spiro atoms. The molecule has 1 aromatic rings. The van der Waals surface area contributed by atoms with Gasteiger partial charge in [-0.15, -0.1) is 0 Å². The molecule has 12 heavy (non-hydrogen) atoms. The lowest BCUT2D eigenvalue weighted by Gasteiger charge is -1.98. The smallest absolute Gasteiger partial charge is 0.311 e. The standard InChI is InChI=1S/C7H9NO2S2/c1-2-10-6(9)3-5-4-12-7(11)8-5/h4H,2-3H2,1H3,(H,8,11)/p-1. The Balaban J connectivity index is 2.46. The van der Waals surface area contributed by atoms with Crippen LogP contribution in [0.3, 0.4) is 0 Å². The highest BCUT2D eigenvalue weighted by Crippen LogP contribution is 2.09. The normalized spacial score (nSPS) is 9.75. The van der Waals surface area contributed by atoms with Crippen molar-refractivity contribution in [2.45, 2.75) is 17.7 Å². The third-order valence-electron chi connectivity index (χ3n) is 1.16. The van der Waals surface area contributed by atoms with Crippen molar-refractivity contribution < 1.29 is 9.53 Å². The average molecular weight is 202 g/mol. The lowest BCUT2D eigenvalue weighted by Crippen LogP contribution is -2.07. The summed E-state index contributed by atoms with van der Waals surface area (Å²) in [5.74, 6) is -0.252. The third-order valence-corrected chi connectivity index (χ3v) is 2.22. The van der Waals surface area contributed by atoms with Crippen LogP contribution in [0.2, 0.25) is 0 Å². The Labute approximate surface area is 80.2 Å². The Hall–Kier alpha value is -0.680. The summed E-state index contributed by atoms with van der Waals surface area (Å²) in [7, 11) is 0. The molecule has 66 valence electrons. The summed E-state index contributed by atoms with van der Waals surface area (Å²) in [6, 6.07) is 0. The van der Waals surface area contributed by atoms with Crippen LogP contribution in [0.15, 0.2) is 9.72 Å². The Morgan fingerprint density at radius 2 is 2.58 bits per heavy atom. The third kappa shape index (κ3) is 2.75. The molecule has 0 aromatic carbocycles. The molecule has 0 aliphatic heterocycles. The lowest BCUT2D eigenvalue weighted by atomic mass is 10.3. The van der Waals surface area contributed by atoms with E-state index in [2.05, 4.69) is 4.98 Å². The molecule has 1 aromatic heterocycles. The monoisotopic (exact) mass is 202 g/mol. The van der Waals surface area contributed by atoms with Crippen LogP contribution in [-0.4, -0.2) is 17.6 Å². The van der Waals surface area contributed by atoms with Gasteiger partial charge < -0.3 is 28.7 Å². The first-order valence-corrected chi connectivity index (χ1v) is 4.78. The number of carbonyl (C=O) groups is 1. The molecule has 3 nitrogen and oxygen atoms in total. The molecule has 0 saturated carbocycles. The zero-order valence-corrected chi connectivity index (χ0v) is 8.20. The second kappa shape index (κ2) is 4.37. The van der Waals surface area contributed by atoms with Crippen molar-refractivity contribution in [3.05, 3.63) is 11.1 Å². The van der Waals surface area contributed by atoms with Crippen molar-refractivity contribution >= 4 is 29.9 Å². The maximum atomic E-state index is 10.9. The van der Waals surface area contributed by atoms with E-state index in [1.165, 1.54) is 11.3 Å². The van der Waals surface area contributed by atoms with Gasteiger partial charge in [-0.3, -0.25) is 9.78 Å². The van der Waals surface area contributed by atoms with Crippen molar-refractivity contribution in [2.24, 2.45) is 0 Å². The first kappa shape index (κ1) is 9.41. The van der Waals surface area contributed by atoms with Crippen LogP contribution in [0.4, 0.5) is 0 Å². The summed E-state index contributed by atoms with van der Waals surface area (Å²) in [5, 5.41) is 1.78. The van der Waals surface area contributed by atoms with Crippen LogP contribution < -0.4 is 0 Å².